The number of carbonyl (C=O) groups is 1. The number of nitrogens with one attached hydrogen (secondary N) is 1. The van der Waals surface area contributed by atoms with Crippen molar-refractivity contribution in [2.24, 2.45) is 0 Å². The molecule has 0 radical (unpaired) electrons. The summed E-state index contributed by atoms with van der Waals surface area (Å²) in [4.78, 5) is 16.3. The minimum Gasteiger partial charge on any atom is -0.497 e. The molecule has 1 amide bonds. The number of benzene rings is 2. The summed E-state index contributed by atoms with van der Waals surface area (Å²) in [5, 5.41) is 2.95. The number of hydrogen-bond donors (Lipinski definition) is 1. The third kappa shape index (κ3) is 7.27. The zero-order valence-corrected chi connectivity index (χ0v) is 17.8. The molecule has 0 aliphatic rings. The molecule has 0 fully saturated rings. The summed E-state index contributed by atoms with van der Waals surface area (Å²) >= 11 is 0. The van der Waals surface area contributed by atoms with E-state index in [1.165, 1.54) is 5.56 Å². The number of hydrogen-bond acceptors (Lipinski definition) is 3. The van der Waals surface area contributed by atoms with Crippen LogP contribution in [0.3, 0.4) is 0 Å². The predicted octanol–water partition coefficient (Wildman–Crippen LogP) is 5.22. The number of amides is 1. The average Bonchev–Trinajstić information content (AvgIpc) is 2.83. The molecule has 3 aromatic rings. The number of carbonyl (C=O) groups excluding carboxylic acids is 1. The van der Waals surface area contributed by atoms with Crippen LogP contribution in [0.2, 0.25) is 0 Å². The van der Waals surface area contributed by atoms with Gasteiger partial charge in [0.15, 0.2) is 0 Å². The quantitative estimate of drug-likeness (QED) is 0.282. The number of allylic oxidation sites excluding steroid dienone is 2. The molecule has 0 saturated heterocycles. The van der Waals surface area contributed by atoms with E-state index in [1.807, 2.05) is 60.8 Å². The van der Waals surface area contributed by atoms with Crippen LogP contribution in [-0.2, 0) is 11.2 Å². The van der Waals surface area contributed by atoms with E-state index in [0.717, 1.165) is 41.7 Å². The molecule has 4 heteroatoms. The Labute approximate surface area is 184 Å². The summed E-state index contributed by atoms with van der Waals surface area (Å²) in [6.45, 7) is 0.664. The van der Waals surface area contributed by atoms with E-state index in [0.29, 0.717) is 6.54 Å². The molecule has 0 unspecified atom stereocenters. The van der Waals surface area contributed by atoms with Gasteiger partial charge in [0.25, 0.3) is 0 Å². The van der Waals surface area contributed by atoms with Crippen LogP contribution in [0.25, 0.3) is 5.57 Å². The van der Waals surface area contributed by atoms with Crippen LogP contribution < -0.4 is 10.1 Å². The Morgan fingerprint density at radius 2 is 1.74 bits per heavy atom. The largest absolute Gasteiger partial charge is 0.497 e. The Balaban J connectivity index is 1.55. The van der Waals surface area contributed by atoms with Gasteiger partial charge < -0.3 is 10.1 Å². The molecule has 1 heterocycles. The van der Waals surface area contributed by atoms with E-state index in [9.17, 15) is 4.79 Å². The van der Waals surface area contributed by atoms with Crippen molar-refractivity contribution >= 4 is 11.5 Å². The summed E-state index contributed by atoms with van der Waals surface area (Å²) in [5.41, 5.74) is 4.43. The Hall–Kier alpha value is -3.66. The SMILES string of the molecule is COc1ccc(/C(=C\C=C\C(=O)NCCCCc2cccnc2)c2ccccc2)cc1. The van der Waals surface area contributed by atoms with Crippen LogP contribution in [-0.4, -0.2) is 24.5 Å². The average molecular weight is 413 g/mol. The topological polar surface area (TPSA) is 51.2 Å². The fraction of sp³-hybridized carbons (Fsp3) is 0.185. The second-order valence-electron chi connectivity index (χ2n) is 7.14. The predicted molar refractivity (Wildman–Crippen MR) is 126 cm³/mol. The molecule has 2 aromatic carbocycles. The van der Waals surface area contributed by atoms with Crippen molar-refractivity contribution in [1.29, 1.82) is 0 Å². The maximum atomic E-state index is 12.2. The van der Waals surface area contributed by atoms with E-state index in [-0.39, 0.29) is 5.91 Å². The Morgan fingerprint density at radius 3 is 2.45 bits per heavy atom. The molecule has 0 bridgehead atoms. The lowest BCUT2D eigenvalue weighted by atomic mass is 9.97. The van der Waals surface area contributed by atoms with Gasteiger partial charge in [-0.3, -0.25) is 9.78 Å². The first kappa shape index (κ1) is 22.0. The van der Waals surface area contributed by atoms with E-state index in [2.05, 4.69) is 28.5 Å². The van der Waals surface area contributed by atoms with Crippen LogP contribution in [0.1, 0.15) is 29.5 Å². The molecule has 1 aromatic heterocycles. The summed E-state index contributed by atoms with van der Waals surface area (Å²) in [7, 11) is 1.66. The van der Waals surface area contributed by atoms with Gasteiger partial charge in [0, 0.05) is 25.0 Å². The Morgan fingerprint density at radius 1 is 0.968 bits per heavy atom. The summed E-state index contributed by atoms with van der Waals surface area (Å²) in [5.74, 6) is 0.731. The first-order chi connectivity index (χ1) is 15.3. The number of nitrogens with zero attached hydrogens (tertiary/aromatic N) is 1. The fourth-order valence-corrected chi connectivity index (χ4v) is 3.25. The van der Waals surface area contributed by atoms with Crippen LogP contribution in [0.4, 0.5) is 0 Å². The third-order valence-electron chi connectivity index (χ3n) is 4.91. The first-order valence-corrected chi connectivity index (χ1v) is 10.5. The van der Waals surface area contributed by atoms with Gasteiger partial charge in [0.2, 0.25) is 5.91 Å². The monoisotopic (exact) mass is 412 g/mol. The van der Waals surface area contributed by atoms with Crippen molar-refractivity contribution in [2.45, 2.75) is 19.3 Å². The molecule has 158 valence electrons. The van der Waals surface area contributed by atoms with Crippen molar-refractivity contribution in [1.82, 2.24) is 10.3 Å². The minimum absolute atomic E-state index is 0.0835. The molecular weight excluding hydrogens is 384 g/mol. The molecule has 3 rings (SSSR count). The normalized spacial score (nSPS) is 11.5. The van der Waals surface area contributed by atoms with Gasteiger partial charge >= 0.3 is 0 Å². The third-order valence-corrected chi connectivity index (χ3v) is 4.91. The number of aryl methyl sites for hydroxylation is 1. The van der Waals surface area contributed by atoms with Crippen molar-refractivity contribution in [3.05, 3.63) is 114 Å². The van der Waals surface area contributed by atoms with Crippen molar-refractivity contribution < 1.29 is 9.53 Å². The standard InChI is InChI=1S/C27H28N2O2/c1-31-25-17-15-24(16-18-25)26(23-11-3-2-4-12-23)13-7-14-27(30)29-20-6-5-9-22-10-8-19-28-21-22/h2-4,7-8,10-19,21H,5-6,9,20H2,1H3,(H,29,30)/b14-7+,26-13-. The molecule has 0 atom stereocenters. The van der Waals surface area contributed by atoms with Gasteiger partial charge in [-0.05, 0) is 59.7 Å². The zero-order valence-electron chi connectivity index (χ0n) is 17.8. The van der Waals surface area contributed by atoms with Crippen LogP contribution in [0.5, 0.6) is 5.75 Å². The second kappa shape index (κ2) is 12.1. The maximum Gasteiger partial charge on any atom is 0.243 e. The van der Waals surface area contributed by atoms with Crippen molar-refractivity contribution in [3.8, 4) is 5.75 Å². The Bertz CT molecular complexity index is 994. The zero-order chi connectivity index (χ0) is 21.7. The van der Waals surface area contributed by atoms with Crippen LogP contribution in [0, 0.1) is 0 Å². The van der Waals surface area contributed by atoms with Gasteiger partial charge in [-0.1, -0.05) is 60.7 Å². The number of unbranched alkanes of at least 4 members (excludes halogenated alkanes) is 1. The molecule has 4 nitrogen and oxygen atoms in total. The van der Waals surface area contributed by atoms with Crippen molar-refractivity contribution in [2.75, 3.05) is 13.7 Å². The molecular formula is C27H28N2O2. The highest BCUT2D eigenvalue weighted by atomic mass is 16.5. The van der Waals surface area contributed by atoms with Crippen LogP contribution >= 0.6 is 0 Å². The summed E-state index contributed by atoms with van der Waals surface area (Å²) < 4.78 is 5.26. The van der Waals surface area contributed by atoms with Gasteiger partial charge in [0.05, 0.1) is 7.11 Å². The lowest BCUT2D eigenvalue weighted by Gasteiger charge is -2.09. The van der Waals surface area contributed by atoms with Gasteiger partial charge in [-0.25, -0.2) is 0 Å². The van der Waals surface area contributed by atoms with Gasteiger partial charge in [-0.15, -0.1) is 0 Å². The van der Waals surface area contributed by atoms with Crippen molar-refractivity contribution in [3.63, 3.8) is 0 Å². The molecule has 31 heavy (non-hydrogen) atoms. The smallest absolute Gasteiger partial charge is 0.243 e. The lowest BCUT2D eigenvalue weighted by Crippen LogP contribution is -2.22. The molecule has 0 aliphatic heterocycles. The fourth-order valence-electron chi connectivity index (χ4n) is 3.25. The highest BCUT2D eigenvalue weighted by molar-refractivity contribution is 5.89. The number of pyridine rings is 1. The highest BCUT2D eigenvalue weighted by Crippen LogP contribution is 2.25. The van der Waals surface area contributed by atoms with Crippen LogP contribution in [0.15, 0.2) is 97.4 Å². The lowest BCUT2D eigenvalue weighted by molar-refractivity contribution is -0.116. The van der Waals surface area contributed by atoms with Gasteiger partial charge in [-0.2, -0.15) is 0 Å². The molecule has 1 N–H and O–H groups in total. The van der Waals surface area contributed by atoms with Gasteiger partial charge in [0.1, 0.15) is 5.75 Å². The molecule has 0 spiro atoms. The number of rotatable bonds is 10. The number of aromatic nitrogens is 1. The van der Waals surface area contributed by atoms with E-state index >= 15 is 0 Å². The maximum absolute atomic E-state index is 12.2. The molecule has 0 saturated carbocycles. The second-order valence-corrected chi connectivity index (χ2v) is 7.14. The summed E-state index contributed by atoms with van der Waals surface area (Å²) in [6.07, 6.45) is 12.0. The Kier molecular flexibility index (Phi) is 8.62. The number of ether oxygens (including phenoxy) is 1. The van der Waals surface area contributed by atoms with E-state index in [1.54, 1.807) is 25.5 Å². The number of methoxy groups -OCH3 is 1. The summed E-state index contributed by atoms with van der Waals surface area (Å²) in [6, 6.07) is 22.1. The minimum atomic E-state index is -0.0835. The van der Waals surface area contributed by atoms with E-state index in [4.69, 9.17) is 4.74 Å². The highest BCUT2D eigenvalue weighted by Gasteiger charge is 2.04. The first-order valence-electron chi connectivity index (χ1n) is 10.5. The molecule has 0 aliphatic carbocycles. The van der Waals surface area contributed by atoms with E-state index < -0.39 is 0 Å².